The Bertz CT molecular complexity index is 509. The van der Waals surface area contributed by atoms with Crippen molar-refractivity contribution in [3.05, 3.63) is 35.2 Å². The molecule has 1 atom stereocenters. The summed E-state index contributed by atoms with van der Waals surface area (Å²) in [6, 6.07) is 11.3. The minimum atomic E-state index is 0.172. The van der Waals surface area contributed by atoms with E-state index in [0.717, 1.165) is 6.54 Å². The van der Waals surface area contributed by atoms with Crippen LogP contribution in [-0.2, 0) is 0 Å². The Morgan fingerprint density at radius 3 is 2.58 bits per heavy atom. The van der Waals surface area contributed by atoms with Gasteiger partial charge in [-0.25, -0.2) is 0 Å². The van der Waals surface area contributed by atoms with Gasteiger partial charge in [-0.3, -0.25) is 0 Å². The van der Waals surface area contributed by atoms with E-state index in [1.165, 1.54) is 15.0 Å². The number of rotatable bonds is 5. The second-order valence-electron chi connectivity index (χ2n) is 6.00. The van der Waals surface area contributed by atoms with E-state index >= 15 is 0 Å². The van der Waals surface area contributed by atoms with Gasteiger partial charge in [0.15, 0.2) is 0 Å². The highest BCUT2D eigenvalue weighted by Crippen LogP contribution is 2.29. The summed E-state index contributed by atoms with van der Waals surface area (Å²) < 4.78 is 1.37. The number of fused-ring (bicyclic) bond motifs is 1. The predicted molar refractivity (Wildman–Crippen MR) is 86.0 cm³/mol. The van der Waals surface area contributed by atoms with Crippen molar-refractivity contribution in [2.75, 3.05) is 20.6 Å². The fraction of sp³-hybridized carbons (Fsp3) is 0.500. The van der Waals surface area contributed by atoms with Gasteiger partial charge in [0.25, 0.3) is 0 Å². The van der Waals surface area contributed by atoms with Gasteiger partial charge < -0.3 is 10.2 Å². The average molecular weight is 276 g/mol. The minimum absolute atomic E-state index is 0.172. The normalized spacial score (nSPS) is 14.2. The molecule has 0 aliphatic rings. The Balaban J connectivity index is 2.05. The Morgan fingerprint density at radius 1 is 1.26 bits per heavy atom. The highest BCUT2D eigenvalue weighted by Gasteiger charge is 2.21. The maximum Gasteiger partial charge on any atom is 0.0387 e. The Labute approximate surface area is 120 Å². The monoisotopic (exact) mass is 276 g/mol. The quantitative estimate of drug-likeness (QED) is 0.891. The largest absolute Gasteiger partial charge is 0.308 e. The third kappa shape index (κ3) is 3.35. The lowest BCUT2D eigenvalue weighted by Crippen LogP contribution is -2.47. The lowest BCUT2D eigenvalue weighted by atomic mass is 10.0. The number of hydrogen-bond donors (Lipinski definition) is 1. The maximum absolute atomic E-state index is 3.65. The molecular formula is C16H24N2S. The first-order chi connectivity index (χ1) is 8.90. The molecule has 0 spiro atoms. The molecule has 1 N–H and O–H groups in total. The molecule has 0 amide bonds. The van der Waals surface area contributed by atoms with E-state index < -0.39 is 0 Å². The molecule has 2 nitrogen and oxygen atoms in total. The zero-order valence-corrected chi connectivity index (χ0v) is 13.3. The maximum atomic E-state index is 3.65. The van der Waals surface area contributed by atoms with Gasteiger partial charge in [-0.2, -0.15) is 0 Å². The summed E-state index contributed by atoms with van der Waals surface area (Å²) in [5.74, 6) is 0. The van der Waals surface area contributed by atoms with Gasteiger partial charge in [0.05, 0.1) is 0 Å². The first-order valence-corrected chi connectivity index (χ1v) is 7.61. The van der Waals surface area contributed by atoms with Crippen LogP contribution in [0.3, 0.4) is 0 Å². The van der Waals surface area contributed by atoms with Crippen molar-refractivity contribution >= 4 is 21.4 Å². The molecule has 0 saturated carbocycles. The zero-order chi connectivity index (χ0) is 14.0. The Kier molecular flexibility index (Phi) is 4.29. The molecule has 3 heteroatoms. The van der Waals surface area contributed by atoms with Crippen LogP contribution in [0.25, 0.3) is 10.1 Å². The zero-order valence-electron chi connectivity index (χ0n) is 12.5. The van der Waals surface area contributed by atoms with Gasteiger partial charge in [0, 0.05) is 27.7 Å². The van der Waals surface area contributed by atoms with Crippen LogP contribution in [0, 0.1) is 0 Å². The fourth-order valence-corrected chi connectivity index (χ4v) is 2.97. The van der Waals surface area contributed by atoms with Gasteiger partial charge in [0.2, 0.25) is 0 Å². The molecule has 0 fully saturated rings. The molecule has 0 aliphatic carbocycles. The second-order valence-corrected chi connectivity index (χ2v) is 7.11. The summed E-state index contributed by atoms with van der Waals surface area (Å²) in [7, 11) is 4.26. The van der Waals surface area contributed by atoms with Crippen LogP contribution in [0.15, 0.2) is 30.3 Å². The van der Waals surface area contributed by atoms with Crippen LogP contribution in [-0.4, -0.2) is 31.1 Å². The molecule has 0 aliphatic heterocycles. The van der Waals surface area contributed by atoms with Crippen molar-refractivity contribution in [1.29, 1.82) is 0 Å². The smallest absolute Gasteiger partial charge is 0.0387 e. The van der Waals surface area contributed by atoms with Gasteiger partial charge in [-0.15, -0.1) is 11.3 Å². The number of nitrogens with zero attached hydrogens (tertiary/aromatic N) is 1. The molecule has 104 valence electrons. The van der Waals surface area contributed by atoms with Gasteiger partial charge in [-0.1, -0.05) is 18.2 Å². The van der Waals surface area contributed by atoms with E-state index in [1.54, 1.807) is 0 Å². The van der Waals surface area contributed by atoms with Crippen molar-refractivity contribution in [2.45, 2.75) is 32.4 Å². The molecule has 1 aromatic heterocycles. The molecule has 1 aromatic carbocycles. The SMILES string of the molecule is CC(NCC(C)(C)N(C)C)c1cc2ccccc2s1. The molecule has 2 aromatic rings. The number of hydrogen-bond acceptors (Lipinski definition) is 3. The molecule has 1 heterocycles. The lowest BCUT2D eigenvalue weighted by Gasteiger charge is -2.33. The fourth-order valence-electron chi connectivity index (χ4n) is 1.88. The molecule has 0 bridgehead atoms. The molecule has 1 unspecified atom stereocenters. The van der Waals surface area contributed by atoms with Crippen LogP contribution in [0.1, 0.15) is 31.7 Å². The number of nitrogens with one attached hydrogen (secondary N) is 1. The summed E-state index contributed by atoms with van der Waals surface area (Å²) >= 11 is 1.89. The summed E-state index contributed by atoms with van der Waals surface area (Å²) in [5, 5.41) is 5.00. The summed E-state index contributed by atoms with van der Waals surface area (Å²) in [6.07, 6.45) is 0. The summed E-state index contributed by atoms with van der Waals surface area (Å²) in [6.45, 7) is 7.75. The third-order valence-corrected chi connectivity index (χ3v) is 5.22. The predicted octanol–water partition coefficient (Wildman–Crippen LogP) is 3.89. The van der Waals surface area contributed by atoms with Crippen LogP contribution in [0.4, 0.5) is 0 Å². The van der Waals surface area contributed by atoms with Gasteiger partial charge in [0.1, 0.15) is 0 Å². The molecule has 2 rings (SSSR count). The van der Waals surface area contributed by atoms with Gasteiger partial charge in [-0.05, 0) is 52.4 Å². The van der Waals surface area contributed by atoms with Crippen LogP contribution in [0.2, 0.25) is 0 Å². The number of benzene rings is 1. The van der Waals surface area contributed by atoms with Crippen molar-refractivity contribution in [2.24, 2.45) is 0 Å². The lowest BCUT2D eigenvalue weighted by molar-refractivity contribution is 0.185. The van der Waals surface area contributed by atoms with E-state index in [9.17, 15) is 0 Å². The van der Waals surface area contributed by atoms with Crippen molar-refractivity contribution in [3.8, 4) is 0 Å². The standard InChI is InChI=1S/C16H24N2S/c1-12(17-11-16(2,3)18(4)5)15-10-13-8-6-7-9-14(13)19-15/h6-10,12,17H,11H2,1-5H3. The van der Waals surface area contributed by atoms with E-state index in [1.807, 2.05) is 11.3 Å². The second kappa shape index (κ2) is 5.61. The van der Waals surface area contributed by atoms with E-state index in [-0.39, 0.29) is 5.54 Å². The van der Waals surface area contributed by atoms with Crippen LogP contribution in [0.5, 0.6) is 0 Å². The highest BCUT2D eigenvalue weighted by molar-refractivity contribution is 7.19. The highest BCUT2D eigenvalue weighted by atomic mass is 32.1. The van der Waals surface area contributed by atoms with Gasteiger partial charge >= 0.3 is 0 Å². The van der Waals surface area contributed by atoms with E-state index in [2.05, 4.69) is 75.4 Å². The number of likely N-dealkylation sites (N-methyl/N-ethyl adjacent to an activating group) is 1. The Hall–Kier alpha value is -0.900. The number of thiophene rings is 1. The average Bonchev–Trinajstić information content (AvgIpc) is 2.79. The first kappa shape index (κ1) is 14.5. The topological polar surface area (TPSA) is 15.3 Å². The van der Waals surface area contributed by atoms with E-state index in [0.29, 0.717) is 6.04 Å². The molecule has 19 heavy (non-hydrogen) atoms. The summed E-state index contributed by atoms with van der Waals surface area (Å²) in [4.78, 5) is 3.67. The van der Waals surface area contributed by atoms with E-state index in [4.69, 9.17) is 0 Å². The van der Waals surface area contributed by atoms with Crippen molar-refractivity contribution < 1.29 is 0 Å². The molecule has 0 saturated heterocycles. The van der Waals surface area contributed by atoms with Crippen molar-refractivity contribution in [1.82, 2.24) is 10.2 Å². The Morgan fingerprint density at radius 2 is 1.95 bits per heavy atom. The van der Waals surface area contributed by atoms with Crippen LogP contribution >= 0.6 is 11.3 Å². The van der Waals surface area contributed by atoms with Crippen LogP contribution < -0.4 is 5.32 Å². The molecule has 0 radical (unpaired) electrons. The first-order valence-electron chi connectivity index (χ1n) is 6.79. The van der Waals surface area contributed by atoms with Crippen molar-refractivity contribution in [3.63, 3.8) is 0 Å². The third-order valence-electron chi connectivity index (χ3n) is 3.92. The minimum Gasteiger partial charge on any atom is -0.308 e. The molecular weight excluding hydrogens is 252 g/mol. The summed E-state index contributed by atoms with van der Waals surface area (Å²) in [5.41, 5.74) is 0.172.